The van der Waals surface area contributed by atoms with Gasteiger partial charge in [-0.15, -0.1) is 0 Å². The molecule has 4 heteroatoms. The number of aryl methyl sites for hydroxylation is 1. The third-order valence-corrected chi connectivity index (χ3v) is 4.71. The molecule has 0 unspecified atom stereocenters. The Hall–Kier alpha value is -3.66. The van der Waals surface area contributed by atoms with Crippen molar-refractivity contribution < 1.29 is 13.9 Å². The third kappa shape index (κ3) is 4.11. The number of esters is 1. The molecule has 0 N–H and O–H groups in total. The second kappa shape index (κ2) is 8.15. The van der Waals surface area contributed by atoms with Crippen LogP contribution in [0.3, 0.4) is 0 Å². The molecule has 0 radical (unpaired) electrons. The van der Waals surface area contributed by atoms with Gasteiger partial charge in [-0.3, -0.25) is 0 Å². The number of aromatic nitrogens is 1. The average Bonchev–Trinajstić information content (AvgIpc) is 3.25. The summed E-state index contributed by atoms with van der Waals surface area (Å²) in [4.78, 5) is 16.4. The van der Waals surface area contributed by atoms with Crippen molar-refractivity contribution in [3.63, 3.8) is 0 Å². The van der Waals surface area contributed by atoms with Crippen molar-refractivity contribution in [2.24, 2.45) is 0 Å². The number of hydrogen-bond donors (Lipinski definition) is 0. The zero-order valence-electron chi connectivity index (χ0n) is 16.4. The van der Waals surface area contributed by atoms with Crippen LogP contribution in [0.1, 0.15) is 22.8 Å². The van der Waals surface area contributed by atoms with Crippen LogP contribution in [0.2, 0.25) is 0 Å². The molecule has 0 aliphatic heterocycles. The van der Waals surface area contributed by atoms with E-state index < -0.39 is 0 Å². The van der Waals surface area contributed by atoms with Crippen LogP contribution in [-0.2, 0) is 4.74 Å². The lowest BCUT2D eigenvalue weighted by Gasteiger charge is -2.05. The van der Waals surface area contributed by atoms with E-state index in [-0.39, 0.29) is 5.97 Å². The van der Waals surface area contributed by atoms with E-state index in [1.54, 1.807) is 25.3 Å². The molecule has 0 atom stereocenters. The Bertz CT molecular complexity index is 1110. The molecule has 0 aliphatic rings. The zero-order valence-corrected chi connectivity index (χ0v) is 16.4. The van der Waals surface area contributed by atoms with E-state index in [0.717, 1.165) is 27.9 Å². The molecule has 1 aromatic heterocycles. The summed E-state index contributed by atoms with van der Waals surface area (Å²) >= 11 is 0. The molecule has 3 aromatic carbocycles. The molecule has 144 valence electrons. The molecule has 0 bridgehead atoms. The molecule has 0 saturated heterocycles. The maximum Gasteiger partial charge on any atom is 0.338 e. The van der Waals surface area contributed by atoms with Crippen LogP contribution in [0.15, 0.2) is 83.5 Å². The standard InChI is InChI=1S/C25H21NO3/c1-3-28-25(27)22-14-10-19(11-15-22)18-8-12-21(13-9-18)24-26-23(16-29-24)20-6-4-17(2)5-7-20/h4-16H,3H2,1-2H3. The van der Waals surface area contributed by atoms with E-state index in [1.165, 1.54) is 5.56 Å². The van der Waals surface area contributed by atoms with Gasteiger partial charge in [-0.25, -0.2) is 9.78 Å². The van der Waals surface area contributed by atoms with Gasteiger partial charge in [0, 0.05) is 11.1 Å². The monoisotopic (exact) mass is 383 g/mol. The number of rotatable bonds is 5. The largest absolute Gasteiger partial charge is 0.462 e. The first-order valence-corrected chi connectivity index (χ1v) is 9.54. The SMILES string of the molecule is CCOC(=O)c1ccc(-c2ccc(-c3nc(-c4ccc(C)cc4)co3)cc2)cc1. The summed E-state index contributed by atoms with van der Waals surface area (Å²) in [7, 11) is 0. The molecule has 29 heavy (non-hydrogen) atoms. The van der Waals surface area contributed by atoms with Crippen LogP contribution in [0.5, 0.6) is 0 Å². The molecular weight excluding hydrogens is 362 g/mol. The Morgan fingerprint density at radius 1 is 0.828 bits per heavy atom. The highest BCUT2D eigenvalue weighted by atomic mass is 16.5. The fraction of sp³-hybridized carbons (Fsp3) is 0.120. The van der Waals surface area contributed by atoms with E-state index in [1.807, 2.05) is 48.5 Å². The number of hydrogen-bond acceptors (Lipinski definition) is 4. The number of ether oxygens (including phenoxy) is 1. The highest BCUT2D eigenvalue weighted by Crippen LogP contribution is 2.27. The maximum atomic E-state index is 11.8. The second-order valence-electron chi connectivity index (χ2n) is 6.78. The van der Waals surface area contributed by atoms with Gasteiger partial charge in [-0.05, 0) is 49.2 Å². The molecule has 4 aromatic rings. The second-order valence-corrected chi connectivity index (χ2v) is 6.78. The molecule has 4 nitrogen and oxygen atoms in total. The van der Waals surface area contributed by atoms with Gasteiger partial charge in [0.15, 0.2) is 0 Å². The normalized spacial score (nSPS) is 10.7. The first kappa shape index (κ1) is 18.7. The minimum Gasteiger partial charge on any atom is -0.462 e. The summed E-state index contributed by atoms with van der Waals surface area (Å²) in [6, 6.07) is 23.6. The Morgan fingerprint density at radius 3 is 2.00 bits per heavy atom. The molecular formula is C25H21NO3. The quantitative estimate of drug-likeness (QED) is 0.387. The molecule has 0 saturated carbocycles. The maximum absolute atomic E-state index is 11.8. The zero-order chi connectivity index (χ0) is 20.2. The van der Waals surface area contributed by atoms with Crippen molar-refractivity contribution in [2.75, 3.05) is 6.61 Å². The summed E-state index contributed by atoms with van der Waals surface area (Å²) in [5.74, 6) is 0.285. The number of oxazole rings is 1. The predicted octanol–water partition coefficient (Wildman–Crippen LogP) is 6.16. The van der Waals surface area contributed by atoms with Crippen molar-refractivity contribution in [1.29, 1.82) is 0 Å². The molecule has 4 rings (SSSR count). The summed E-state index contributed by atoms with van der Waals surface area (Å²) in [5, 5.41) is 0. The minimum atomic E-state index is -0.303. The molecule has 0 amide bonds. The van der Waals surface area contributed by atoms with Gasteiger partial charge in [0.1, 0.15) is 12.0 Å². The first-order chi connectivity index (χ1) is 14.1. The predicted molar refractivity (Wildman–Crippen MR) is 114 cm³/mol. The van der Waals surface area contributed by atoms with Gasteiger partial charge in [0.25, 0.3) is 0 Å². The van der Waals surface area contributed by atoms with Crippen LogP contribution >= 0.6 is 0 Å². The van der Waals surface area contributed by atoms with Crippen LogP contribution in [-0.4, -0.2) is 17.6 Å². The molecule has 0 fully saturated rings. The van der Waals surface area contributed by atoms with Gasteiger partial charge < -0.3 is 9.15 Å². The molecule has 1 heterocycles. The summed E-state index contributed by atoms with van der Waals surface area (Å²) in [6.07, 6.45) is 1.68. The average molecular weight is 383 g/mol. The Labute approximate surface area is 169 Å². The smallest absolute Gasteiger partial charge is 0.338 e. The lowest BCUT2D eigenvalue weighted by atomic mass is 10.0. The fourth-order valence-electron chi connectivity index (χ4n) is 3.08. The Morgan fingerprint density at radius 2 is 1.38 bits per heavy atom. The van der Waals surface area contributed by atoms with Gasteiger partial charge in [0.2, 0.25) is 5.89 Å². The van der Waals surface area contributed by atoms with Crippen LogP contribution in [0.25, 0.3) is 33.8 Å². The van der Waals surface area contributed by atoms with Crippen molar-refractivity contribution in [3.05, 3.63) is 90.2 Å². The van der Waals surface area contributed by atoms with E-state index in [4.69, 9.17) is 9.15 Å². The lowest BCUT2D eigenvalue weighted by molar-refractivity contribution is 0.0526. The van der Waals surface area contributed by atoms with Gasteiger partial charge in [0.05, 0.1) is 12.2 Å². The van der Waals surface area contributed by atoms with Crippen molar-refractivity contribution >= 4 is 5.97 Å². The topological polar surface area (TPSA) is 52.3 Å². The summed E-state index contributed by atoms with van der Waals surface area (Å²) < 4.78 is 10.7. The number of benzene rings is 3. The number of nitrogens with zero attached hydrogens (tertiary/aromatic N) is 1. The van der Waals surface area contributed by atoms with E-state index in [9.17, 15) is 4.79 Å². The fourth-order valence-corrected chi connectivity index (χ4v) is 3.08. The summed E-state index contributed by atoms with van der Waals surface area (Å²) in [6.45, 7) is 4.23. The van der Waals surface area contributed by atoms with Gasteiger partial charge >= 0.3 is 5.97 Å². The third-order valence-electron chi connectivity index (χ3n) is 4.71. The van der Waals surface area contributed by atoms with E-state index >= 15 is 0 Å². The molecule has 0 aliphatic carbocycles. The van der Waals surface area contributed by atoms with Crippen molar-refractivity contribution in [3.8, 4) is 33.8 Å². The van der Waals surface area contributed by atoms with Gasteiger partial charge in [-0.2, -0.15) is 0 Å². The first-order valence-electron chi connectivity index (χ1n) is 9.54. The Kier molecular flexibility index (Phi) is 5.25. The molecule has 0 spiro atoms. The van der Waals surface area contributed by atoms with Crippen LogP contribution < -0.4 is 0 Å². The lowest BCUT2D eigenvalue weighted by Crippen LogP contribution is -2.03. The summed E-state index contributed by atoms with van der Waals surface area (Å²) in [5.41, 5.74) is 6.60. The Balaban J connectivity index is 1.52. The van der Waals surface area contributed by atoms with E-state index in [0.29, 0.717) is 18.1 Å². The highest BCUT2D eigenvalue weighted by Gasteiger charge is 2.10. The minimum absolute atomic E-state index is 0.303. The highest BCUT2D eigenvalue weighted by molar-refractivity contribution is 5.90. The van der Waals surface area contributed by atoms with E-state index in [2.05, 4.69) is 24.0 Å². The van der Waals surface area contributed by atoms with Crippen molar-refractivity contribution in [2.45, 2.75) is 13.8 Å². The number of carbonyl (C=O) groups is 1. The number of carbonyl (C=O) groups excluding carboxylic acids is 1. The van der Waals surface area contributed by atoms with Crippen LogP contribution in [0.4, 0.5) is 0 Å². The van der Waals surface area contributed by atoms with Gasteiger partial charge in [-0.1, -0.05) is 54.1 Å². The van der Waals surface area contributed by atoms with Crippen LogP contribution in [0, 0.1) is 6.92 Å². The van der Waals surface area contributed by atoms with Crippen molar-refractivity contribution in [1.82, 2.24) is 4.98 Å².